The van der Waals surface area contributed by atoms with E-state index >= 15 is 4.39 Å². The van der Waals surface area contributed by atoms with E-state index in [9.17, 15) is 14.3 Å². The summed E-state index contributed by atoms with van der Waals surface area (Å²) in [5.74, 6) is 0.737. The highest BCUT2D eigenvalue weighted by atomic mass is 19.1. The van der Waals surface area contributed by atoms with Crippen LogP contribution in [0, 0.1) is 5.82 Å². The van der Waals surface area contributed by atoms with Gasteiger partial charge in [0.1, 0.15) is 30.2 Å². The summed E-state index contributed by atoms with van der Waals surface area (Å²) in [6, 6.07) is 9.59. The number of halogens is 2. The Morgan fingerprint density at radius 3 is 2.65 bits per heavy atom. The maximum Gasteiger partial charge on any atom is 0.318 e. The summed E-state index contributed by atoms with van der Waals surface area (Å²) in [7, 11) is 0. The highest BCUT2D eigenvalue weighted by Gasteiger charge is 2.49. The second-order valence-electron chi connectivity index (χ2n) is 16.4. The molecule has 4 aromatic rings. The number of aromatic hydroxyl groups is 1. The maximum atomic E-state index is 15.2. The normalized spacial score (nSPS) is 24.0. The summed E-state index contributed by atoms with van der Waals surface area (Å²) in [5, 5.41) is 17.2. The lowest BCUT2D eigenvalue weighted by Crippen LogP contribution is -2.43. The van der Waals surface area contributed by atoms with E-state index in [0.717, 1.165) is 97.3 Å². The zero-order valence-electron chi connectivity index (χ0n) is 30.9. The number of benzene rings is 2. The molecule has 4 aliphatic heterocycles. The zero-order valence-corrected chi connectivity index (χ0v) is 30.9. The van der Waals surface area contributed by atoms with Crippen LogP contribution in [0.3, 0.4) is 0 Å². The molecule has 1 amide bonds. The fourth-order valence-corrected chi connectivity index (χ4v) is 9.85. The van der Waals surface area contributed by atoms with Gasteiger partial charge in [-0.1, -0.05) is 13.0 Å². The standard InChI is InChI=1S/C41H48F2N8O3/c1-2-31-33(43)10-5-25-17-30(52)19-36(37(25)31)47-16-11-32-35(23-47)44-40(54-24-41-12-3-14-49(41)21-26(42)20-41)45-38(32)48-13-4-15-50-29(22-48)18-34(46-50)39(53)51(27-6-7-27)28-8-9-28/h5,10,17-19,26-28,52H,2-4,6-9,11-16,20-24H2,1H3/t26-,41+/m1/s1. The number of carbonyl (C=O) groups is 1. The van der Waals surface area contributed by atoms with Gasteiger partial charge in [-0.2, -0.15) is 15.1 Å². The summed E-state index contributed by atoms with van der Waals surface area (Å²) in [5.41, 5.74) is 4.42. The SMILES string of the molecule is CCc1c(F)ccc2cc(O)cc(N3CCc4c(nc(OC[C@@]56CCCN5C[C@H](F)C6)nc4N4CCCn5nc(C(=O)N(C6CC6)C6CC6)cc5C4)C3)c12. The van der Waals surface area contributed by atoms with Crippen molar-refractivity contribution >= 4 is 28.2 Å². The van der Waals surface area contributed by atoms with Crippen LogP contribution in [0.15, 0.2) is 30.3 Å². The van der Waals surface area contributed by atoms with Crippen molar-refractivity contribution < 1.29 is 23.4 Å². The first-order valence-corrected chi connectivity index (χ1v) is 20.0. The van der Waals surface area contributed by atoms with E-state index in [2.05, 4.69) is 19.6 Å². The molecule has 2 aromatic heterocycles. The molecule has 6 aliphatic rings. The number of alkyl halides is 1. The Hall–Kier alpha value is -4.52. The number of aromatic nitrogens is 4. The van der Waals surface area contributed by atoms with Crippen LogP contribution in [0.2, 0.25) is 0 Å². The Balaban J connectivity index is 0.999. The predicted octanol–water partition coefficient (Wildman–Crippen LogP) is 5.93. The molecule has 10 rings (SSSR count). The van der Waals surface area contributed by atoms with E-state index in [4.69, 9.17) is 19.8 Å². The Bertz CT molecular complexity index is 2120. The van der Waals surface area contributed by atoms with Crippen LogP contribution in [0.25, 0.3) is 10.8 Å². The van der Waals surface area contributed by atoms with Gasteiger partial charge in [0, 0.05) is 67.4 Å². The lowest BCUT2D eigenvalue weighted by Gasteiger charge is -2.35. The fraction of sp³-hybridized carbons (Fsp3) is 0.561. The molecule has 13 heteroatoms. The third-order valence-electron chi connectivity index (χ3n) is 12.7. The van der Waals surface area contributed by atoms with Crippen molar-refractivity contribution in [2.75, 3.05) is 42.6 Å². The van der Waals surface area contributed by atoms with Crippen LogP contribution < -0.4 is 14.5 Å². The first kappa shape index (κ1) is 34.0. The molecule has 1 N–H and O–H groups in total. The number of carbonyl (C=O) groups excluding carboxylic acids is 1. The average molecular weight is 739 g/mol. The van der Waals surface area contributed by atoms with Crippen LogP contribution in [-0.4, -0.2) is 97.1 Å². The van der Waals surface area contributed by atoms with Gasteiger partial charge in [0.25, 0.3) is 5.91 Å². The summed E-state index contributed by atoms with van der Waals surface area (Å²) >= 11 is 0. The van der Waals surface area contributed by atoms with Gasteiger partial charge in [-0.15, -0.1) is 0 Å². The molecule has 0 bridgehead atoms. The lowest BCUT2D eigenvalue weighted by atomic mass is 9.95. The number of nitrogens with zero attached hydrogens (tertiary/aromatic N) is 8. The number of aryl methyl sites for hydroxylation is 2. The van der Waals surface area contributed by atoms with E-state index in [-0.39, 0.29) is 29.0 Å². The maximum absolute atomic E-state index is 15.2. The summed E-state index contributed by atoms with van der Waals surface area (Å²) < 4.78 is 38.4. The molecule has 54 heavy (non-hydrogen) atoms. The highest BCUT2D eigenvalue weighted by molar-refractivity contribution is 5.98. The van der Waals surface area contributed by atoms with E-state index in [1.807, 2.05) is 17.7 Å². The lowest BCUT2D eigenvalue weighted by molar-refractivity contribution is 0.0722. The van der Waals surface area contributed by atoms with Gasteiger partial charge in [0.2, 0.25) is 0 Å². The second kappa shape index (κ2) is 13.1. The summed E-state index contributed by atoms with van der Waals surface area (Å²) in [6.45, 7) is 6.63. The molecule has 2 saturated heterocycles. The molecule has 284 valence electrons. The average Bonchev–Trinajstić information content (AvgIpc) is 4.09. The van der Waals surface area contributed by atoms with E-state index in [1.165, 1.54) is 6.07 Å². The monoisotopic (exact) mass is 738 g/mol. The van der Waals surface area contributed by atoms with Gasteiger partial charge in [-0.05, 0) is 93.5 Å². The Kier molecular flexibility index (Phi) is 8.22. The summed E-state index contributed by atoms with van der Waals surface area (Å²) in [6.07, 6.45) is 7.80. The number of phenols is 1. The third-order valence-corrected chi connectivity index (χ3v) is 12.7. The number of fused-ring (bicyclic) bond motifs is 4. The molecule has 2 saturated carbocycles. The first-order valence-electron chi connectivity index (χ1n) is 20.0. The van der Waals surface area contributed by atoms with Gasteiger partial charge in [0.05, 0.1) is 30.0 Å². The number of hydrogen-bond donors (Lipinski definition) is 1. The molecule has 6 heterocycles. The Morgan fingerprint density at radius 2 is 1.85 bits per heavy atom. The van der Waals surface area contributed by atoms with E-state index in [1.54, 1.807) is 18.2 Å². The second-order valence-corrected chi connectivity index (χ2v) is 16.4. The van der Waals surface area contributed by atoms with E-state index in [0.29, 0.717) is 81.9 Å². The third kappa shape index (κ3) is 5.93. The zero-order chi connectivity index (χ0) is 36.7. The number of rotatable bonds is 9. The van der Waals surface area contributed by atoms with Crippen molar-refractivity contribution in [3.63, 3.8) is 0 Å². The largest absolute Gasteiger partial charge is 0.508 e. The molecule has 11 nitrogen and oxygen atoms in total. The molecule has 4 fully saturated rings. The molecule has 0 spiro atoms. The van der Waals surface area contributed by atoms with Gasteiger partial charge >= 0.3 is 6.01 Å². The predicted molar refractivity (Wildman–Crippen MR) is 200 cm³/mol. The van der Waals surface area contributed by atoms with Crippen molar-refractivity contribution in [1.82, 2.24) is 29.5 Å². The van der Waals surface area contributed by atoms with Crippen molar-refractivity contribution in [2.24, 2.45) is 0 Å². The molecule has 0 radical (unpaired) electrons. The Labute approximate surface area is 313 Å². The van der Waals surface area contributed by atoms with Crippen molar-refractivity contribution in [3.05, 3.63) is 64.4 Å². The minimum atomic E-state index is -0.864. The van der Waals surface area contributed by atoms with Gasteiger partial charge < -0.3 is 24.5 Å². The molecular weight excluding hydrogens is 690 g/mol. The Morgan fingerprint density at radius 1 is 1.02 bits per heavy atom. The van der Waals surface area contributed by atoms with Crippen LogP contribution in [0.5, 0.6) is 11.8 Å². The minimum Gasteiger partial charge on any atom is -0.508 e. The number of ether oxygens (including phenoxy) is 1. The number of anilines is 2. The molecular formula is C41H48F2N8O3. The quantitative estimate of drug-likeness (QED) is 0.224. The van der Waals surface area contributed by atoms with Crippen LogP contribution in [-0.2, 0) is 32.5 Å². The van der Waals surface area contributed by atoms with Gasteiger partial charge in [0.15, 0.2) is 5.69 Å². The van der Waals surface area contributed by atoms with Crippen LogP contribution in [0.1, 0.15) is 91.3 Å². The molecule has 2 aromatic carbocycles. The summed E-state index contributed by atoms with van der Waals surface area (Å²) in [4.78, 5) is 32.6. The van der Waals surface area contributed by atoms with Crippen molar-refractivity contribution in [1.29, 1.82) is 0 Å². The smallest absolute Gasteiger partial charge is 0.318 e. The minimum absolute atomic E-state index is 0.0515. The molecule has 2 atom stereocenters. The van der Waals surface area contributed by atoms with Gasteiger partial charge in [-0.3, -0.25) is 14.4 Å². The number of amides is 1. The van der Waals surface area contributed by atoms with Gasteiger partial charge in [-0.25, -0.2) is 8.78 Å². The topological polar surface area (TPSA) is 103 Å². The number of hydrogen-bond acceptors (Lipinski definition) is 9. The first-order chi connectivity index (χ1) is 26.3. The number of phenolic OH excluding ortho intramolecular Hbond substituents is 1. The van der Waals surface area contributed by atoms with E-state index < -0.39 is 6.17 Å². The van der Waals surface area contributed by atoms with Crippen LogP contribution in [0.4, 0.5) is 20.3 Å². The molecule has 0 unspecified atom stereocenters. The van der Waals surface area contributed by atoms with Crippen molar-refractivity contribution in [3.8, 4) is 11.8 Å². The fourth-order valence-electron chi connectivity index (χ4n) is 9.85. The molecule has 2 aliphatic carbocycles. The van der Waals surface area contributed by atoms with Crippen LogP contribution >= 0.6 is 0 Å². The van der Waals surface area contributed by atoms with Crippen molar-refractivity contribution in [2.45, 2.75) is 115 Å². The highest BCUT2D eigenvalue weighted by Crippen LogP contribution is 2.43.